The van der Waals surface area contributed by atoms with Crippen molar-refractivity contribution in [1.82, 2.24) is 0 Å². The number of anilines is 1. The summed E-state index contributed by atoms with van der Waals surface area (Å²) < 4.78 is 5.36. The number of thioether (sulfide) groups is 1. The highest BCUT2D eigenvalue weighted by atomic mass is 35.5. The Kier molecular flexibility index (Phi) is 7.51. The fraction of sp³-hybridized carbons (Fsp3) is 0.538. The van der Waals surface area contributed by atoms with E-state index in [1.165, 1.54) is 11.8 Å². The molecule has 1 unspecified atom stereocenters. The second-order valence-electron chi connectivity index (χ2n) is 4.08. The molecule has 0 radical (unpaired) electrons. The van der Waals surface area contributed by atoms with Crippen LogP contribution in [0, 0.1) is 0 Å². The molecule has 1 aromatic rings. The Balaban J connectivity index is 2.27. The molecule has 5 heteroatoms. The predicted molar refractivity (Wildman–Crippen MR) is 78.3 cm³/mol. The van der Waals surface area contributed by atoms with Crippen LogP contribution in [0.15, 0.2) is 23.1 Å². The molecule has 102 valence electrons. The third-order valence-electron chi connectivity index (χ3n) is 2.34. The zero-order chi connectivity index (χ0) is 13.4. The van der Waals surface area contributed by atoms with Crippen LogP contribution in [0.25, 0.3) is 0 Å². The molecule has 1 aromatic carbocycles. The van der Waals surface area contributed by atoms with E-state index in [1.807, 2.05) is 6.07 Å². The second kappa shape index (κ2) is 8.64. The van der Waals surface area contributed by atoms with Crippen LogP contribution < -0.4 is 5.73 Å². The number of unbranched alkanes of at least 4 members (excludes halogenated alkanes) is 1. The topological polar surface area (TPSA) is 55.5 Å². The Morgan fingerprint density at radius 1 is 1.50 bits per heavy atom. The van der Waals surface area contributed by atoms with E-state index in [0.29, 0.717) is 29.7 Å². The lowest BCUT2D eigenvalue weighted by atomic mass is 10.3. The number of nitrogens with two attached hydrogens (primary N) is 1. The molecule has 0 amide bonds. The van der Waals surface area contributed by atoms with Crippen LogP contribution >= 0.6 is 23.4 Å². The van der Waals surface area contributed by atoms with E-state index in [4.69, 9.17) is 22.1 Å². The highest BCUT2D eigenvalue weighted by Crippen LogP contribution is 2.29. The largest absolute Gasteiger partial charge is 0.399 e. The molecule has 0 spiro atoms. The van der Waals surface area contributed by atoms with Gasteiger partial charge in [-0.1, -0.05) is 24.9 Å². The molecule has 0 aliphatic heterocycles. The van der Waals surface area contributed by atoms with Gasteiger partial charge in [0, 0.05) is 22.9 Å². The normalized spacial score (nSPS) is 12.6. The lowest BCUT2D eigenvalue weighted by Crippen LogP contribution is -2.18. The monoisotopic (exact) mass is 289 g/mol. The van der Waals surface area contributed by atoms with E-state index < -0.39 is 6.10 Å². The van der Waals surface area contributed by atoms with Crippen LogP contribution in [0.1, 0.15) is 19.8 Å². The number of hydrogen-bond donors (Lipinski definition) is 2. The quantitative estimate of drug-likeness (QED) is 0.438. The lowest BCUT2D eigenvalue weighted by molar-refractivity contribution is 0.0473. The summed E-state index contributed by atoms with van der Waals surface area (Å²) in [5.74, 6) is 0.565. The van der Waals surface area contributed by atoms with Crippen LogP contribution in [0.3, 0.4) is 0 Å². The van der Waals surface area contributed by atoms with Gasteiger partial charge in [-0.05, 0) is 24.6 Å². The number of ether oxygens (including phenoxy) is 1. The average molecular weight is 290 g/mol. The zero-order valence-electron chi connectivity index (χ0n) is 10.6. The number of aliphatic hydroxyl groups is 1. The van der Waals surface area contributed by atoms with Crippen molar-refractivity contribution >= 4 is 29.1 Å². The highest BCUT2D eigenvalue weighted by Gasteiger charge is 2.07. The molecule has 1 atom stereocenters. The standard InChI is InChI=1S/C13H20ClNO2S/c1-2-3-6-17-8-11(16)9-18-13-5-4-10(15)7-12(13)14/h4-5,7,11,16H,2-3,6,8-9,15H2,1H3. The van der Waals surface area contributed by atoms with E-state index in [0.717, 1.165) is 17.7 Å². The van der Waals surface area contributed by atoms with Crippen LogP contribution in [0.4, 0.5) is 5.69 Å². The van der Waals surface area contributed by atoms with Gasteiger partial charge in [0.15, 0.2) is 0 Å². The van der Waals surface area contributed by atoms with Gasteiger partial charge in [-0.3, -0.25) is 0 Å². The predicted octanol–water partition coefficient (Wildman–Crippen LogP) is 3.19. The molecular formula is C13H20ClNO2S. The summed E-state index contributed by atoms with van der Waals surface area (Å²) in [6.45, 7) is 3.19. The van der Waals surface area contributed by atoms with Crippen molar-refractivity contribution in [3.8, 4) is 0 Å². The Morgan fingerprint density at radius 2 is 2.28 bits per heavy atom. The minimum absolute atomic E-state index is 0.375. The van der Waals surface area contributed by atoms with Crippen LogP contribution in [-0.4, -0.2) is 30.2 Å². The SMILES string of the molecule is CCCCOCC(O)CSc1ccc(N)cc1Cl. The van der Waals surface area contributed by atoms with Crippen LogP contribution in [-0.2, 0) is 4.74 Å². The fourth-order valence-corrected chi connectivity index (χ4v) is 2.52. The van der Waals surface area contributed by atoms with Crippen molar-refractivity contribution in [2.24, 2.45) is 0 Å². The number of halogens is 1. The summed E-state index contributed by atoms with van der Waals surface area (Å²) in [6.07, 6.45) is 1.66. The maximum absolute atomic E-state index is 9.74. The Morgan fingerprint density at radius 3 is 2.94 bits per heavy atom. The van der Waals surface area contributed by atoms with E-state index in [-0.39, 0.29) is 0 Å². The molecule has 0 fully saturated rings. The van der Waals surface area contributed by atoms with E-state index in [9.17, 15) is 5.11 Å². The number of hydrogen-bond acceptors (Lipinski definition) is 4. The number of aliphatic hydroxyl groups excluding tert-OH is 1. The summed E-state index contributed by atoms with van der Waals surface area (Å²) in [6, 6.07) is 5.39. The maximum atomic E-state index is 9.74. The maximum Gasteiger partial charge on any atom is 0.0867 e. The van der Waals surface area contributed by atoms with Gasteiger partial charge in [0.05, 0.1) is 17.7 Å². The van der Waals surface area contributed by atoms with Gasteiger partial charge in [0.2, 0.25) is 0 Å². The minimum atomic E-state index is -0.472. The first-order valence-electron chi connectivity index (χ1n) is 6.07. The van der Waals surface area contributed by atoms with Gasteiger partial charge in [-0.25, -0.2) is 0 Å². The second-order valence-corrected chi connectivity index (χ2v) is 5.55. The highest BCUT2D eigenvalue weighted by molar-refractivity contribution is 7.99. The molecular weight excluding hydrogens is 270 g/mol. The first-order valence-corrected chi connectivity index (χ1v) is 7.43. The van der Waals surface area contributed by atoms with Gasteiger partial charge >= 0.3 is 0 Å². The van der Waals surface area contributed by atoms with Crippen LogP contribution in [0.5, 0.6) is 0 Å². The third kappa shape index (κ3) is 5.96. The smallest absolute Gasteiger partial charge is 0.0867 e. The molecule has 0 saturated carbocycles. The average Bonchev–Trinajstić information content (AvgIpc) is 2.33. The first kappa shape index (κ1) is 15.6. The molecule has 0 aliphatic rings. The van der Waals surface area contributed by atoms with Crippen molar-refractivity contribution in [1.29, 1.82) is 0 Å². The number of nitrogen functional groups attached to an aromatic ring is 1. The van der Waals surface area contributed by atoms with Gasteiger partial charge in [-0.2, -0.15) is 0 Å². The Labute approximate surface area is 118 Å². The molecule has 0 aliphatic carbocycles. The molecule has 3 N–H and O–H groups in total. The van der Waals surface area contributed by atoms with Crippen molar-refractivity contribution in [3.05, 3.63) is 23.2 Å². The Hall–Kier alpha value is -0.420. The van der Waals surface area contributed by atoms with Gasteiger partial charge in [0.1, 0.15) is 0 Å². The molecule has 0 aromatic heterocycles. The van der Waals surface area contributed by atoms with Gasteiger partial charge in [-0.15, -0.1) is 11.8 Å². The van der Waals surface area contributed by atoms with Crippen molar-refractivity contribution in [3.63, 3.8) is 0 Å². The third-order valence-corrected chi connectivity index (χ3v) is 3.98. The number of benzene rings is 1. The number of rotatable bonds is 8. The zero-order valence-corrected chi connectivity index (χ0v) is 12.1. The lowest BCUT2D eigenvalue weighted by Gasteiger charge is -2.11. The summed E-state index contributed by atoms with van der Waals surface area (Å²) in [4.78, 5) is 0.929. The van der Waals surface area contributed by atoms with E-state index in [2.05, 4.69) is 6.92 Å². The molecule has 0 heterocycles. The summed E-state index contributed by atoms with van der Waals surface area (Å²) >= 11 is 7.55. The van der Waals surface area contributed by atoms with Gasteiger partial charge < -0.3 is 15.6 Å². The van der Waals surface area contributed by atoms with E-state index in [1.54, 1.807) is 12.1 Å². The first-order chi connectivity index (χ1) is 8.63. The van der Waals surface area contributed by atoms with E-state index >= 15 is 0 Å². The summed E-state index contributed by atoms with van der Waals surface area (Å²) in [7, 11) is 0. The molecule has 3 nitrogen and oxygen atoms in total. The Bertz CT molecular complexity index is 363. The fourth-order valence-electron chi connectivity index (χ4n) is 1.33. The molecule has 1 rings (SSSR count). The summed E-state index contributed by atoms with van der Waals surface area (Å²) in [5.41, 5.74) is 6.26. The molecule has 18 heavy (non-hydrogen) atoms. The minimum Gasteiger partial charge on any atom is -0.399 e. The van der Waals surface area contributed by atoms with Crippen molar-refractivity contribution in [2.75, 3.05) is 24.7 Å². The van der Waals surface area contributed by atoms with Crippen molar-refractivity contribution < 1.29 is 9.84 Å². The molecule has 0 saturated heterocycles. The van der Waals surface area contributed by atoms with Crippen molar-refractivity contribution in [2.45, 2.75) is 30.8 Å². The summed E-state index contributed by atoms with van der Waals surface area (Å²) in [5, 5.41) is 10.4. The molecule has 0 bridgehead atoms. The van der Waals surface area contributed by atoms with Gasteiger partial charge in [0.25, 0.3) is 0 Å². The van der Waals surface area contributed by atoms with Crippen LogP contribution in [0.2, 0.25) is 5.02 Å².